The van der Waals surface area contributed by atoms with Gasteiger partial charge >= 0.3 is 0 Å². The van der Waals surface area contributed by atoms with E-state index in [-0.39, 0.29) is 18.2 Å². The molecule has 1 aromatic carbocycles. The summed E-state index contributed by atoms with van der Waals surface area (Å²) in [4.78, 5) is 2.21. The number of halogens is 3. The third-order valence-corrected chi connectivity index (χ3v) is 3.50. The topological polar surface area (TPSA) is 29.3 Å². The predicted octanol–water partition coefficient (Wildman–Crippen LogP) is 2.68. The van der Waals surface area contributed by atoms with Gasteiger partial charge in [0.2, 0.25) is 0 Å². The van der Waals surface area contributed by atoms with Gasteiger partial charge < -0.3 is 5.73 Å². The zero-order valence-corrected chi connectivity index (χ0v) is 11.1. The highest BCUT2D eigenvalue weighted by atomic mass is 35.5. The van der Waals surface area contributed by atoms with Crippen molar-refractivity contribution in [1.82, 2.24) is 4.90 Å². The third-order valence-electron chi connectivity index (χ3n) is 3.15. The smallest absolute Gasteiger partial charge is 0.129 e. The molecule has 1 aromatic rings. The van der Waals surface area contributed by atoms with E-state index in [1.54, 1.807) is 12.1 Å². The first-order chi connectivity index (χ1) is 7.70. The van der Waals surface area contributed by atoms with Gasteiger partial charge in [0.05, 0.1) is 0 Å². The molecule has 0 amide bonds. The van der Waals surface area contributed by atoms with E-state index >= 15 is 0 Å². The van der Waals surface area contributed by atoms with Crippen molar-refractivity contribution in [2.75, 3.05) is 19.6 Å². The molecule has 2 N–H and O–H groups in total. The molecular formula is C12H17Cl2FN2. The molecule has 1 saturated heterocycles. The molecule has 1 atom stereocenters. The van der Waals surface area contributed by atoms with Crippen LogP contribution in [0.5, 0.6) is 0 Å². The van der Waals surface area contributed by atoms with Crippen LogP contribution in [0.1, 0.15) is 12.0 Å². The molecule has 0 bridgehead atoms. The van der Waals surface area contributed by atoms with Gasteiger partial charge in [-0.25, -0.2) is 4.39 Å². The molecule has 0 saturated carbocycles. The van der Waals surface area contributed by atoms with Gasteiger partial charge in [-0.05, 0) is 37.6 Å². The van der Waals surface area contributed by atoms with Crippen LogP contribution in [-0.2, 0) is 6.54 Å². The molecule has 1 fully saturated rings. The monoisotopic (exact) mass is 278 g/mol. The summed E-state index contributed by atoms with van der Waals surface area (Å²) in [6.45, 7) is 3.22. The van der Waals surface area contributed by atoms with Crippen LogP contribution < -0.4 is 5.73 Å². The van der Waals surface area contributed by atoms with E-state index in [1.807, 2.05) is 0 Å². The van der Waals surface area contributed by atoms with Crippen LogP contribution in [0.15, 0.2) is 18.2 Å². The fourth-order valence-electron chi connectivity index (χ4n) is 2.16. The van der Waals surface area contributed by atoms with Crippen LogP contribution in [0.4, 0.5) is 4.39 Å². The highest BCUT2D eigenvalue weighted by Gasteiger charge is 2.22. The molecule has 0 aromatic heterocycles. The van der Waals surface area contributed by atoms with Crippen LogP contribution in [0.2, 0.25) is 5.02 Å². The Morgan fingerprint density at radius 2 is 2.24 bits per heavy atom. The maximum absolute atomic E-state index is 13.5. The average molecular weight is 279 g/mol. The molecule has 96 valence electrons. The Morgan fingerprint density at radius 3 is 2.82 bits per heavy atom. The molecule has 0 aliphatic carbocycles. The lowest BCUT2D eigenvalue weighted by Gasteiger charge is -2.17. The Morgan fingerprint density at radius 1 is 1.47 bits per heavy atom. The summed E-state index contributed by atoms with van der Waals surface area (Å²) in [6, 6.07) is 4.82. The average Bonchev–Trinajstić information content (AvgIpc) is 2.71. The number of nitrogens with two attached hydrogens (primary N) is 1. The Hall–Kier alpha value is -0.350. The molecule has 2 nitrogen and oxygen atoms in total. The molecule has 17 heavy (non-hydrogen) atoms. The highest BCUT2D eigenvalue weighted by molar-refractivity contribution is 6.31. The number of likely N-dealkylation sites (tertiary alicyclic amines) is 1. The van der Waals surface area contributed by atoms with Crippen molar-refractivity contribution in [3.8, 4) is 0 Å². The standard InChI is InChI=1S/C12H16ClFN2.ClH/c13-11-2-1-3-12(14)10(11)8-16-5-4-9(6-15)7-16;/h1-3,9H,4-8,15H2;1H. The van der Waals surface area contributed by atoms with Crippen molar-refractivity contribution >= 4 is 24.0 Å². The summed E-state index contributed by atoms with van der Waals surface area (Å²) in [5.41, 5.74) is 6.22. The van der Waals surface area contributed by atoms with Crippen molar-refractivity contribution in [3.05, 3.63) is 34.6 Å². The maximum Gasteiger partial charge on any atom is 0.129 e. The SMILES string of the molecule is Cl.NCC1CCN(Cc2c(F)cccc2Cl)C1. The lowest BCUT2D eigenvalue weighted by Crippen LogP contribution is -2.23. The van der Waals surface area contributed by atoms with Crippen LogP contribution in [-0.4, -0.2) is 24.5 Å². The Labute approximate surface area is 112 Å². The molecule has 2 rings (SSSR count). The summed E-state index contributed by atoms with van der Waals surface area (Å²) < 4.78 is 13.5. The fourth-order valence-corrected chi connectivity index (χ4v) is 2.38. The largest absolute Gasteiger partial charge is 0.330 e. The van der Waals surface area contributed by atoms with Gasteiger partial charge in [0, 0.05) is 23.7 Å². The van der Waals surface area contributed by atoms with Crippen LogP contribution >= 0.6 is 24.0 Å². The molecule has 1 unspecified atom stereocenters. The van der Waals surface area contributed by atoms with Crippen LogP contribution in [0.3, 0.4) is 0 Å². The number of rotatable bonds is 3. The summed E-state index contributed by atoms with van der Waals surface area (Å²) in [5.74, 6) is 0.328. The van der Waals surface area contributed by atoms with E-state index in [0.717, 1.165) is 19.5 Å². The van der Waals surface area contributed by atoms with E-state index in [2.05, 4.69) is 4.90 Å². The van der Waals surface area contributed by atoms with Crippen molar-refractivity contribution in [1.29, 1.82) is 0 Å². The van der Waals surface area contributed by atoms with Crippen molar-refractivity contribution < 1.29 is 4.39 Å². The summed E-state index contributed by atoms with van der Waals surface area (Å²) in [5, 5.41) is 0.510. The van der Waals surface area contributed by atoms with Crippen molar-refractivity contribution in [2.45, 2.75) is 13.0 Å². The molecule has 1 aliphatic rings. The lowest BCUT2D eigenvalue weighted by atomic mass is 10.1. The molecular weight excluding hydrogens is 262 g/mol. The van der Waals surface area contributed by atoms with Gasteiger partial charge in [-0.3, -0.25) is 4.90 Å². The first-order valence-corrected chi connectivity index (χ1v) is 5.94. The van der Waals surface area contributed by atoms with Gasteiger partial charge in [0.15, 0.2) is 0 Å². The van der Waals surface area contributed by atoms with Gasteiger partial charge in [0.1, 0.15) is 5.82 Å². The minimum atomic E-state index is -0.219. The number of hydrogen-bond acceptors (Lipinski definition) is 2. The number of benzene rings is 1. The summed E-state index contributed by atoms with van der Waals surface area (Å²) >= 11 is 5.99. The van der Waals surface area contributed by atoms with E-state index in [0.29, 0.717) is 29.6 Å². The van der Waals surface area contributed by atoms with E-state index < -0.39 is 0 Å². The summed E-state index contributed by atoms with van der Waals surface area (Å²) in [7, 11) is 0. The lowest BCUT2D eigenvalue weighted by molar-refractivity contribution is 0.312. The molecule has 1 heterocycles. The Bertz CT molecular complexity index is 353. The minimum absolute atomic E-state index is 0. The molecule has 5 heteroatoms. The second-order valence-electron chi connectivity index (χ2n) is 4.33. The Balaban J connectivity index is 0.00000144. The molecule has 0 spiro atoms. The molecule has 1 aliphatic heterocycles. The minimum Gasteiger partial charge on any atom is -0.330 e. The number of nitrogens with zero attached hydrogens (tertiary/aromatic N) is 1. The highest BCUT2D eigenvalue weighted by Crippen LogP contribution is 2.24. The zero-order valence-electron chi connectivity index (χ0n) is 9.53. The first-order valence-electron chi connectivity index (χ1n) is 5.56. The third kappa shape index (κ3) is 3.55. The summed E-state index contributed by atoms with van der Waals surface area (Å²) in [6.07, 6.45) is 1.10. The quantitative estimate of drug-likeness (QED) is 0.921. The van der Waals surface area contributed by atoms with Gasteiger partial charge in [-0.2, -0.15) is 0 Å². The normalized spacial score (nSPS) is 20.3. The van der Waals surface area contributed by atoms with Crippen molar-refractivity contribution in [2.24, 2.45) is 11.7 Å². The van der Waals surface area contributed by atoms with E-state index in [9.17, 15) is 4.39 Å². The van der Waals surface area contributed by atoms with Gasteiger partial charge in [-0.15, -0.1) is 12.4 Å². The Kier molecular flexibility index (Phi) is 5.67. The zero-order chi connectivity index (χ0) is 11.5. The van der Waals surface area contributed by atoms with Crippen LogP contribution in [0.25, 0.3) is 0 Å². The second kappa shape index (κ2) is 6.55. The van der Waals surface area contributed by atoms with Gasteiger partial charge in [0.25, 0.3) is 0 Å². The maximum atomic E-state index is 13.5. The van der Waals surface area contributed by atoms with Crippen molar-refractivity contribution in [3.63, 3.8) is 0 Å². The fraction of sp³-hybridized carbons (Fsp3) is 0.500. The number of hydrogen-bond donors (Lipinski definition) is 1. The first kappa shape index (κ1) is 14.7. The van der Waals surface area contributed by atoms with E-state index in [4.69, 9.17) is 17.3 Å². The van der Waals surface area contributed by atoms with Crippen LogP contribution in [0, 0.1) is 11.7 Å². The van der Waals surface area contributed by atoms with Gasteiger partial charge in [-0.1, -0.05) is 17.7 Å². The second-order valence-corrected chi connectivity index (χ2v) is 4.73. The van der Waals surface area contributed by atoms with E-state index in [1.165, 1.54) is 6.07 Å². The molecule has 0 radical (unpaired) electrons. The predicted molar refractivity (Wildman–Crippen MR) is 71.1 cm³/mol.